The van der Waals surface area contributed by atoms with Gasteiger partial charge in [0.25, 0.3) is 6.23 Å². The predicted octanol–water partition coefficient (Wildman–Crippen LogP) is 1.23. The first-order valence-corrected chi connectivity index (χ1v) is 6.19. The van der Waals surface area contributed by atoms with E-state index < -0.39 is 0 Å². The van der Waals surface area contributed by atoms with E-state index >= 15 is 0 Å². The molecular weight excluding hydrogens is 246 g/mol. The van der Waals surface area contributed by atoms with E-state index in [4.69, 9.17) is 14.2 Å². The fourth-order valence-electron chi connectivity index (χ4n) is 2.21. The Bertz CT molecular complexity index is 505. The summed E-state index contributed by atoms with van der Waals surface area (Å²) in [6.45, 7) is 6.21. The number of cyclic esters (lactones) is 1. The Morgan fingerprint density at radius 1 is 1.21 bits per heavy atom. The van der Waals surface area contributed by atoms with Gasteiger partial charge >= 0.3 is 5.97 Å². The minimum absolute atomic E-state index is 0.0419. The van der Waals surface area contributed by atoms with Crippen molar-refractivity contribution >= 4 is 5.97 Å². The van der Waals surface area contributed by atoms with Crippen molar-refractivity contribution in [2.45, 2.75) is 32.5 Å². The standard InChI is InChI=1S/C14H19NO4/c1-14(2,3)15-12-8-6-7-9(17-4)11(18-5)10(8)13(16)19-12/h6-7,12,15H,1-5H3/p+1/t12-/m0/s1. The summed E-state index contributed by atoms with van der Waals surface area (Å²) in [5.41, 5.74) is 1.25. The maximum absolute atomic E-state index is 12.0. The van der Waals surface area contributed by atoms with Crippen molar-refractivity contribution in [1.82, 2.24) is 0 Å². The molecule has 0 aliphatic carbocycles. The Hall–Kier alpha value is -1.75. The maximum Gasteiger partial charge on any atom is 0.347 e. The lowest BCUT2D eigenvalue weighted by Gasteiger charge is -2.21. The Morgan fingerprint density at radius 3 is 2.42 bits per heavy atom. The molecule has 0 aromatic heterocycles. The molecule has 1 atom stereocenters. The predicted molar refractivity (Wildman–Crippen MR) is 69.4 cm³/mol. The zero-order chi connectivity index (χ0) is 14.2. The van der Waals surface area contributed by atoms with Gasteiger partial charge in [-0.2, -0.15) is 0 Å². The molecule has 0 amide bonds. The van der Waals surface area contributed by atoms with Gasteiger partial charge in [-0.1, -0.05) is 0 Å². The number of carbonyl (C=O) groups is 1. The van der Waals surface area contributed by atoms with Gasteiger partial charge in [-0.25, -0.2) is 4.79 Å². The molecule has 1 aliphatic rings. The van der Waals surface area contributed by atoms with Crippen molar-refractivity contribution in [3.8, 4) is 11.5 Å². The fourth-order valence-corrected chi connectivity index (χ4v) is 2.21. The number of hydrogen-bond acceptors (Lipinski definition) is 4. The Balaban J connectivity index is 2.46. The van der Waals surface area contributed by atoms with Gasteiger partial charge in [-0.15, -0.1) is 0 Å². The summed E-state index contributed by atoms with van der Waals surface area (Å²) in [5, 5.41) is 2.02. The molecule has 0 spiro atoms. The zero-order valence-corrected chi connectivity index (χ0v) is 11.9. The molecule has 0 bridgehead atoms. The molecule has 5 nitrogen and oxygen atoms in total. The van der Waals surface area contributed by atoms with Crippen LogP contribution in [0.25, 0.3) is 0 Å². The summed E-state index contributed by atoms with van der Waals surface area (Å²) < 4.78 is 15.9. The highest BCUT2D eigenvalue weighted by atomic mass is 16.6. The highest BCUT2D eigenvalue weighted by molar-refractivity contribution is 5.97. The fraction of sp³-hybridized carbons (Fsp3) is 0.500. The van der Waals surface area contributed by atoms with E-state index in [1.54, 1.807) is 13.2 Å². The number of methoxy groups -OCH3 is 2. The molecule has 0 radical (unpaired) electrons. The van der Waals surface area contributed by atoms with E-state index in [2.05, 4.69) is 20.8 Å². The molecule has 1 aromatic rings. The molecule has 2 rings (SSSR count). The third-order valence-electron chi connectivity index (χ3n) is 2.97. The van der Waals surface area contributed by atoms with E-state index in [0.29, 0.717) is 17.1 Å². The van der Waals surface area contributed by atoms with Gasteiger partial charge < -0.3 is 19.5 Å². The van der Waals surface area contributed by atoms with Crippen LogP contribution in [0.4, 0.5) is 0 Å². The van der Waals surface area contributed by atoms with Gasteiger partial charge in [0.2, 0.25) is 0 Å². The number of nitrogens with two attached hydrogens (primary N) is 1. The summed E-state index contributed by atoms with van der Waals surface area (Å²) in [4.78, 5) is 12.0. The average Bonchev–Trinajstić information content (AvgIpc) is 2.63. The van der Waals surface area contributed by atoms with Crippen molar-refractivity contribution < 1.29 is 24.3 Å². The molecule has 104 valence electrons. The molecule has 19 heavy (non-hydrogen) atoms. The number of ether oxygens (including phenoxy) is 3. The van der Waals surface area contributed by atoms with Crippen molar-refractivity contribution in [2.24, 2.45) is 0 Å². The van der Waals surface area contributed by atoms with Crippen LogP contribution < -0.4 is 14.8 Å². The largest absolute Gasteiger partial charge is 0.493 e. The van der Waals surface area contributed by atoms with Crippen molar-refractivity contribution in [3.05, 3.63) is 23.3 Å². The van der Waals surface area contributed by atoms with Crippen LogP contribution in [0, 0.1) is 0 Å². The SMILES string of the molecule is COc1ccc2c(c1OC)C(=O)O[C@@H]2[NH2+]C(C)(C)C. The number of rotatable bonds is 3. The van der Waals surface area contributed by atoms with Crippen LogP contribution in [0.1, 0.15) is 42.9 Å². The van der Waals surface area contributed by atoms with Crippen molar-refractivity contribution in [1.29, 1.82) is 0 Å². The summed E-state index contributed by atoms with van der Waals surface area (Å²) >= 11 is 0. The highest BCUT2D eigenvalue weighted by Crippen LogP contribution is 2.39. The van der Waals surface area contributed by atoms with E-state index in [-0.39, 0.29) is 17.7 Å². The van der Waals surface area contributed by atoms with Gasteiger partial charge in [0, 0.05) is 0 Å². The van der Waals surface area contributed by atoms with Gasteiger partial charge in [-0.3, -0.25) is 0 Å². The topological polar surface area (TPSA) is 61.4 Å². The lowest BCUT2D eigenvalue weighted by molar-refractivity contribution is -0.780. The third-order valence-corrected chi connectivity index (χ3v) is 2.97. The van der Waals surface area contributed by atoms with Crippen LogP contribution in [0.3, 0.4) is 0 Å². The first-order valence-electron chi connectivity index (χ1n) is 6.19. The van der Waals surface area contributed by atoms with E-state index in [0.717, 1.165) is 5.56 Å². The summed E-state index contributed by atoms with van der Waals surface area (Å²) in [6, 6.07) is 3.65. The van der Waals surface area contributed by atoms with Crippen LogP contribution >= 0.6 is 0 Å². The molecular formula is C14H20NO4+. The van der Waals surface area contributed by atoms with E-state index in [9.17, 15) is 4.79 Å². The Morgan fingerprint density at radius 2 is 1.89 bits per heavy atom. The van der Waals surface area contributed by atoms with Gasteiger partial charge in [-0.05, 0) is 32.9 Å². The van der Waals surface area contributed by atoms with Crippen LogP contribution in [0.2, 0.25) is 0 Å². The zero-order valence-electron chi connectivity index (χ0n) is 11.9. The third kappa shape index (κ3) is 2.51. The second-order valence-corrected chi connectivity index (χ2v) is 5.62. The monoisotopic (exact) mass is 266 g/mol. The van der Waals surface area contributed by atoms with Crippen LogP contribution in [-0.2, 0) is 4.74 Å². The number of esters is 1. The van der Waals surface area contributed by atoms with Crippen LogP contribution in [0.5, 0.6) is 11.5 Å². The Labute approximate surface area is 112 Å². The molecule has 2 N–H and O–H groups in total. The number of hydrogen-bond donors (Lipinski definition) is 1. The molecule has 1 heterocycles. The number of benzene rings is 1. The number of quaternary nitrogens is 1. The summed E-state index contributed by atoms with van der Waals surface area (Å²) in [5.74, 6) is 0.612. The molecule has 0 saturated carbocycles. The normalized spacial score (nSPS) is 17.9. The lowest BCUT2D eigenvalue weighted by Crippen LogP contribution is -2.95. The quantitative estimate of drug-likeness (QED) is 0.836. The second kappa shape index (κ2) is 4.74. The second-order valence-electron chi connectivity index (χ2n) is 5.62. The van der Waals surface area contributed by atoms with E-state index in [1.165, 1.54) is 7.11 Å². The smallest absolute Gasteiger partial charge is 0.347 e. The molecule has 5 heteroatoms. The van der Waals surface area contributed by atoms with Crippen molar-refractivity contribution in [3.63, 3.8) is 0 Å². The molecule has 0 saturated heterocycles. The Kier molecular flexibility index (Phi) is 3.41. The molecule has 1 aliphatic heterocycles. The van der Waals surface area contributed by atoms with Crippen LogP contribution in [0.15, 0.2) is 12.1 Å². The summed E-state index contributed by atoms with van der Waals surface area (Å²) in [6.07, 6.45) is -0.331. The molecule has 1 aromatic carbocycles. The highest BCUT2D eigenvalue weighted by Gasteiger charge is 2.40. The lowest BCUT2D eigenvalue weighted by atomic mass is 10.0. The minimum Gasteiger partial charge on any atom is -0.493 e. The van der Waals surface area contributed by atoms with Crippen LogP contribution in [-0.4, -0.2) is 25.7 Å². The molecule has 0 unspecified atom stereocenters. The summed E-state index contributed by atoms with van der Waals surface area (Å²) in [7, 11) is 3.06. The first kappa shape index (κ1) is 13.7. The number of fused-ring (bicyclic) bond motifs is 1. The number of carbonyl (C=O) groups excluding carboxylic acids is 1. The maximum atomic E-state index is 12.0. The minimum atomic E-state index is -0.365. The first-order chi connectivity index (χ1) is 8.87. The van der Waals surface area contributed by atoms with Gasteiger partial charge in [0.1, 0.15) is 5.56 Å². The van der Waals surface area contributed by atoms with Gasteiger partial charge in [0.05, 0.1) is 25.3 Å². The van der Waals surface area contributed by atoms with E-state index in [1.807, 2.05) is 11.4 Å². The average molecular weight is 266 g/mol. The molecule has 0 fully saturated rings. The van der Waals surface area contributed by atoms with Gasteiger partial charge in [0.15, 0.2) is 11.5 Å². The van der Waals surface area contributed by atoms with Crippen molar-refractivity contribution in [2.75, 3.05) is 14.2 Å².